The molecular formula is C12H25NO2. The van der Waals surface area contributed by atoms with E-state index >= 15 is 0 Å². The third-order valence-electron chi connectivity index (χ3n) is 3.12. The fourth-order valence-electron chi connectivity index (χ4n) is 2.24. The molecule has 1 aliphatic rings. The van der Waals surface area contributed by atoms with E-state index in [1.54, 1.807) is 0 Å². The normalized spacial score (nSPS) is 19.6. The van der Waals surface area contributed by atoms with Gasteiger partial charge in [-0.2, -0.15) is 0 Å². The number of aliphatic hydroxyl groups excluding tert-OH is 1. The highest BCUT2D eigenvalue weighted by Crippen LogP contribution is 2.24. The third-order valence-corrected chi connectivity index (χ3v) is 3.12. The number of ether oxygens (including phenoxy) is 1. The van der Waals surface area contributed by atoms with Crippen LogP contribution in [0.2, 0.25) is 0 Å². The van der Waals surface area contributed by atoms with Gasteiger partial charge in [-0.05, 0) is 31.7 Å². The van der Waals surface area contributed by atoms with Crippen LogP contribution in [-0.2, 0) is 4.74 Å². The Hall–Kier alpha value is -0.120. The summed E-state index contributed by atoms with van der Waals surface area (Å²) in [5.41, 5.74) is 0. The van der Waals surface area contributed by atoms with Crippen LogP contribution in [0.3, 0.4) is 0 Å². The van der Waals surface area contributed by atoms with Crippen molar-refractivity contribution in [2.24, 2.45) is 5.92 Å². The maximum absolute atomic E-state index is 8.88. The van der Waals surface area contributed by atoms with Crippen molar-refractivity contribution in [2.75, 3.05) is 26.4 Å². The van der Waals surface area contributed by atoms with E-state index in [0.29, 0.717) is 6.04 Å². The van der Waals surface area contributed by atoms with E-state index in [9.17, 15) is 0 Å². The molecule has 1 rings (SSSR count). The van der Waals surface area contributed by atoms with Crippen molar-refractivity contribution in [2.45, 2.75) is 45.1 Å². The first-order valence-corrected chi connectivity index (χ1v) is 6.28. The van der Waals surface area contributed by atoms with E-state index in [2.05, 4.69) is 12.2 Å². The topological polar surface area (TPSA) is 41.5 Å². The van der Waals surface area contributed by atoms with Crippen LogP contribution in [0.4, 0.5) is 0 Å². The first-order valence-electron chi connectivity index (χ1n) is 6.28. The number of hydrogen-bond donors (Lipinski definition) is 2. The molecule has 1 aliphatic carbocycles. The third kappa shape index (κ3) is 5.50. The van der Waals surface area contributed by atoms with E-state index < -0.39 is 0 Å². The largest absolute Gasteiger partial charge is 0.396 e. The quantitative estimate of drug-likeness (QED) is 0.645. The van der Waals surface area contributed by atoms with E-state index in [1.807, 2.05) is 0 Å². The zero-order chi connectivity index (χ0) is 10.9. The van der Waals surface area contributed by atoms with E-state index in [1.165, 1.54) is 25.7 Å². The lowest BCUT2D eigenvalue weighted by atomic mass is 10.1. The summed E-state index contributed by atoms with van der Waals surface area (Å²) in [6.07, 6.45) is 6.22. The number of aliphatic hydroxyl groups is 1. The molecular weight excluding hydrogens is 190 g/mol. The monoisotopic (exact) mass is 215 g/mol. The lowest BCUT2D eigenvalue weighted by molar-refractivity contribution is 0.0766. The summed E-state index contributed by atoms with van der Waals surface area (Å²) in [5, 5.41) is 12.2. The zero-order valence-corrected chi connectivity index (χ0v) is 9.87. The summed E-state index contributed by atoms with van der Waals surface area (Å²) in [7, 11) is 0. The predicted octanol–water partition coefficient (Wildman–Crippen LogP) is 1.55. The molecule has 0 aromatic heterocycles. The summed E-state index contributed by atoms with van der Waals surface area (Å²) in [6, 6.07) is 0.321. The van der Waals surface area contributed by atoms with Crippen molar-refractivity contribution >= 4 is 0 Å². The van der Waals surface area contributed by atoms with Gasteiger partial charge in [-0.1, -0.05) is 19.8 Å². The van der Waals surface area contributed by atoms with Crippen LogP contribution in [0.5, 0.6) is 0 Å². The minimum Gasteiger partial charge on any atom is -0.396 e. The van der Waals surface area contributed by atoms with Crippen molar-refractivity contribution in [1.29, 1.82) is 0 Å². The lowest BCUT2D eigenvalue weighted by Gasteiger charge is -2.18. The van der Waals surface area contributed by atoms with Crippen LogP contribution >= 0.6 is 0 Å². The molecule has 1 atom stereocenters. The summed E-state index contributed by atoms with van der Waals surface area (Å²) in [5.74, 6) is 0.793. The Morgan fingerprint density at radius 2 is 2.13 bits per heavy atom. The molecule has 0 aromatic rings. The van der Waals surface area contributed by atoms with Crippen LogP contribution in [-0.4, -0.2) is 37.5 Å². The highest BCUT2D eigenvalue weighted by Gasteiger charge is 2.15. The molecule has 0 aromatic carbocycles. The van der Waals surface area contributed by atoms with Gasteiger partial charge in [-0.15, -0.1) is 0 Å². The molecule has 0 aliphatic heterocycles. The summed E-state index contributed by atoms with van der Waals surface area (Å²) < 4.78 is 5.71. The van der Waals surface area contributed by atoms with Gasteiger partial charge >= 0.3 is 0 Å². The van der Waals surface area contributed by atoms with Gasteiger partial charge in [0.2, 0.25) is 0 Å². The molecule has 0 amide bonds. The Morgan fingerprint density at radius 3 is 2.73 bits per heavy atom. The Kier molecular flexibility index (Phi) is 6.98. The van der Waals surface area contributed by atoms with Crippen molar-refractivity contribution in [1.82, 2.24) is 5.32 Å². The lowest BCUT2D eigenvalue weighted by Crippen LogP contribution is -2.34. The fraction of sp³-hybridized carbons (Fsp3) is 1.00. The Bertz CT molecular complexity index is 141. The Balaban J connectivity index is 2.04. The van der Waals surface area contributed by atoms with Crippen molar-refractivity contribution in [3.63, 3.8) is 0 Å². The van der Waals surface area contributed by atoms with Crippen LogP contribution < -0.4 is 5.32 Å². The minimum atomic E-state index is 0.241. The van der Waals surface area contributed by atoms with Crippen LogP contribution in [0.25, 0.3) is 0 Å². The molecule has 15 heavy (non-hydrogen) atoms. The fourth-order valence-corrected chi connectivity index (χ4v) is 2.24. The van der Waals surface area contributed by atoms with E-state index in [0.717, 1.165) is 32.1 Å². The van der Waals surface area contributed by atoms with Crippen LogP contribution in [0, 0.1) is 5.92 Å². The summed E-state index contributed by atoms with van der Waals surface area (Å²) >= 11 is 0. The molecule has 0 saturated heterocycles. The minimum absolute atomic E-state index is 0.241. The van der Waals surface area contributed by atoms with Gasteiger partial charge in [0.25, 0.3) is 0 Å². The summed E-state index contributed by atoms with van der Waals surface area (Å²) in [6.45, 7) is 4.92. The second-order valence-corrected chi connectivity index (χ2v) is 4.45. The summed E-state index contributed by atoms with van der Waals surface area (Å²) in [4.78, 5) is 0. The SMILES string of the molecule is CCNC(CCO)COCC1CCCC1. The van der Waals surface area contributed by atoms with Gasteiger partial charge in [0.1, 0.15) is 0 Å². The number of hydrogen-bond acceptors (Lipinski definition) is 3. The van der Waals surface area contributed by atoms with Crippen LogP contribution in [0.1, 0.15) is 39.0 Å². The molecule has 0 radical (unpaired) electrons. The maximum atomic E-state index is 8.88. The van der Waals surface area contributed by atoms with Crippen LogP contribution in [0.15, 0.2) is 0 Å². The highest BCUT2D eigenvalue weighted by molar-refractivity contribution is 4.68. The van der Waals surface area contributed by atoms with Crippen molar-refractivity contribution in [3.05, 3.63) is 0 Å². The Labute approximate surface area is 93.2 Å². The molecule has 1 saturated carbocycles. The van der Waals surface area contributed by atoms with Gasteiger partial charge in [0.05, 0.1) is 6.61 Å². The van der Waals surface area contributed by atoms with E-state index in [-0.39, 0.29) is 6.61 Å². The number of nitrogens with one attached hydrogen (secondary N) is 1. The van der Waals surface area contributed by atoms with Crippen molar-refractivity contribution in [3.8, 4) is 0 Å². The van der Waals surface area contributed by atoms with Gasteiger partial charge in [0, 0.05) is 19.3 Å². The standard InChI is InChI=1S/C12H25NO2/c1-2-13-12(7-8-14)10-15-9-11-5-3-4-6-11/h11-14H,2-10H2,1H3. The molecule has 0 heterocycles. The first kappa shape index (κ1) is 12.9. The molecule has 3 nitrogen and oxygen atoms in total. The highest BCUT2D eigenvalue weighted by atomic mass is 16.5. The van der Waals surface area contributed by atoms with Gasteiger partial charge in [-0.3, -0.25) is 0 Å². The predicted molar refractivity (Wildman–Crippen MR) is 61.9 cm³/mol. The molecule has 2 N–H and O–H groups in total. The number of rotatable bonds is 8. The van der Waals surface area contributed by atoms with E-state index in [4.69, 9.17) is 9.84 Å². The maximum Gasteiger partial charge on any atom is 0.0620 e. The molecule has 1 fully saturated rings. The molecule has 90 valence electrons. The van der Waals surface area contributed by atoms with Crippen molar-refractivity contribution < 1.29 is 9.84 Å². The Morgan fingerprint density at radius 1 is 1.40 bits per heavy atom. The second kappa shape index (κ2) is 8.08. The average Bonchev–Trinajstić information content (AvgIpc) is 2.71. The first-order chi connectivity index (χ1) is 7.36. The smallest absolute Gasteiger partial charge is 0.0620 e. The van der Waals surface area contributed by atoms with Gasteiger partial charge in [0.15, 0.2) is 0 Å². The van der Waals surface area contributed by atoms with Gasteiger partial charge in [-0.25, -0.2) is 0 Å². The van der Waals surface area contributed by atoms with Gasteiger partial charge < -0.3 is 15.2 Å². The molecule has 0 spiro atoms. The second-order valence-electron chi connectivity index (χ2n) is 4.45. The number of likely N-dealkylation sites (N-methyl/N-ethyl adjacent to an activating group) is 1. The zero-order valence-electron chi connectivity index (χ0n) is 9.87. The molecule has 1 unspecified atom stereocenters. The molecule has 0 bridgehead atoms. The molecule has 3 heteroatoms. The average molecular weight is 215 g/mol.